The van der Waals surface area contributed by atoms with Gasteiger partial charge in [0.1, 0.15) is 0 Å². The second-order valence-electron chi connectivity index (χ2n) is 5.96. The van der Waals surface area contributed by atoms with Crippen molar-refractivity contribution in [2.75, 3.05) is 6.54 Å². The van der Waals surface area contributed by atoms with Gasteiger partial charge in [-0.15, -0.1) is 0 Å². The van der Waals surface area contributed by atoms with Crippen molar-refractivity contribution in [1.29, 1.82) is 0 Å². The molecule has 1 amide bonds. The van der Waals surface area contributed by atoms with Crippen LogP contribution in [0.3, 0.4) is 0 Å². The topological polar surface area (TPSA) is 82.2 Å². The Labute approximate surface area is 145 Å². The lowest BCUT2D eigenvalue weighted by Gasteiger charge is -2.05. The van der Waals surface area contributed by atoms with Gasteiger partial charge in [0.15, 0.2) is 0 Å². The molecule has 0 aliphatic heterocycles. The summed E-state index contributed by atoms with van der Waals surface area (Å²) in [6.45, 7) is 0.596. The third-order valence-electron chi connectivity index (χ3n) is 4.23. The normalized spacial score (nSPS) is 10.7. The zero-order valence-electron chi connectivity index (χ0n) is 13.8. The van der Waals surface area contributed by atoms with E-state index in [4.69, 9.17) is 5.11 Å². The van der Waals surface area contributed by atoms with Crippen LogP contribution in [-0.4, -0.2) is 28.5 Å². The summed E-state index contributed by atoms with van der Waals surface area (Å²) in [5, 5.41) is 13.0. The van der Waals surface area contributed by atoms with E-state index in [1.54, 1.807) is 24.3 Å². The van der Waals surface area contributed by atoms with Crippen LogP contribution < -0.4 is 5.32 Å². The Balaban J connectivity index is 1.44. The van der Waals surface area contributed by atoms with Gasteiger partial charge >= 0.3 is 5.97 Å². The number of aromatic amines is 1. The highest BCUT2D eigenvalue weighted by Gasteiger charge is 2.06. The predicted molar refractivity (Wildman–Crippen MR) is 96.7 cm³/mol. The number of fused-ring (bicyclic) bond motifs is 1. The van der Waals surface area contributed by atoms with Gasteiger partial charge < -0.3 is 15.4 Å². The second-order valence-corrected chi connectivity index (χ2v) is 5.96. The van der Waals surface area contributed by atoms with Crippen LogP contribution in [0.2, 0.25) is 0 Å². The zero-order chi connectivity index (χ0) is 17.6. The number of amides is 1. The Morgan fingerprint density at radius 2 is 1.76 bits per heavy atom. The van der Waals surface area contributed by atoms with Crippen LogP contribution in [-0.2, 0) is 17.6 Å². The van der Waals surface area contributed by atoms with Crippen LogP contribution in [0.25, 0.3) is 10.9 Å². The number of aromatic nitrogens is 1. The minimum atomic E-state index is -0.943. The molecule has 0 atom stereocenters. The van der Waals surface area contributed by atoms with Crippen molar-refractivity contribution >= 4 is 22.8 Å². The maximum atomic E-state index is 12.0. The Morgan fingerprint density at radius 1 is 1.00 bits per heavy atom. The van der Waals surface area contributed by atoms with Crippen LogP contribution in [0.4, 0.5) is 0 Å². The molecule has 0 radical (unpaired) electrons. The van der Waals surface area contributed by atoms with Crippen LogP contribution >= 0.6 is 0 Å². The Kier molecular flexibility index (Phi) is 5.14. The Bertz CT molecular complexity index is 881. The molecule has 1 aromatic heterocycles. The van der Waals surface area contributed by atoms with Crippen molar-refractivity contribution in [2.24, 2.45) is 0 Å². The minimum absolute atomic E-state index is 0.00199. The first kappa shape index (κ1) is 16.8. The number of aryl methyl sites for hydroxylation is 1. The first-order chi connectivity index (χ1) is 12.1. The van der Waals surface area contributed by atoms with Gasteiger partial charge in [-0.25, -0.2) is 4.79 Å². The summed E-state index contributed by atoms with van der Waals surface area (Å²) in [5.74, 6) is -0.941. The number of hydrogen-bond acceptors (Lipinski definition) is 2. The molecule has 2 aromatic carbocycles. The van der Waals surface area contributed by atoms with Crippen molar-refractivity contribution in [1.82, 2.24) is 10.3 Å². The maximum Gasteiger partial charge on any atom is 0.335 e. The molecule has 0 saturated heterocycles. The van der Waals surface area contributed by atoms with E-state index in [2.05, 4.69) is 16.4 Å². The number of carboxylic acid groups (broad SMARTS) is 1. The average molecular weight is 336 g/mol. The Morgan fingerprint density at radius 3 is 2.52 bits per heavy atom. The summed E-state index contributed by atoms with van der Waals surface area (Å²) in [7, 11) is 0. The summed E-state index contributed by atoms with van der Waals surface area (Å²) < 4.78 is 0. The minimum Gasteiger partial charge on any atom is -0.478 e. The van der Waals surface area contributed by atoms with Crippen molar-refractivity contribution in [3.8, 4) is 0 Å². The van der Waals surface area contributed by atoms with Gasteiger partial charge in [0.05, 0.1) is 5.56 Å². The van der Waals surface area contributed by atoms with Gasteiger partial charge in [-0.1, -0.05) is 30.3 Å². The summed E-state index contributed by atoms with van der Waals surface area (Å²) >= 11 is 0. The van der Waals surface area contributed by atoms with Gasteiger partial charge in [-0.3, -0.25) is 4.79 Å². The molecule has 0 aliphatic rings. The molecule has 3 N–H and O–H groups in total. The van der Waals surface area contributed by atoms with Gasteiger partial charge in [-0.05, 0) is 42.2 Å². The third kappa shape index (κ3) is 4.26. The van der Waals surface area contributed by atoms with E-state index in [1.807, 2.05) is 24.4 Å². The van der Waals surface area contributed by atoms with Crippen LogP contribution in [0.5, 0.6) is 0 Å². The van der Waals surface area contributed by atoms with E-state index in [-0.39, 0.29) is 11.5 Å². The number of carboxylic acids is 1. The fraction of sp³-hybridized carbons (Fsp3) is 0.200. The van der Waals surface area contributed by atoms with Crippen LogP contribution in [0, 0.1) is 0 Å². The molecule has 25 heavy (non-hydrogen) atoms. The predicted octanol–water partition coefficient (Wildman–Crippen LogP) is 3.16. The molecule has 128 valence electrons. The number of aromatic carboxylic acids is 1. The van der Waals surface area contributed by atoms with Crippen molar-refractivity contribution < 1.29 is 14.7 Å². The quantitative estimate of drug-likeness (QED) is 0.620. The molecule has 5 nitrogen and oxygen atoms in total. The van der Waals surface area contributed by atoms with Crippen molar-refractivity contribution in [3.63, 3.8) is 0 Å². The summed E-state index contributed by atoms with van der Waals surface area (Å²) in [6.07, 6.45) is 3.75. The standard InChI is InChI=1S/C20H20N2O3/c23-19(10-7-14-5-8-15(9-6-14)20(24)25)21-12-11-16-13-22-18-4-2-1-3-17(16)18/h1-6,8-9,13,22H,7,10-12H2,(H,21,23)(H,24,25). The molecule has 0 fully saturated rings. The monoisotopic (exact) mass is 336 g/mol. The average Bonchev–Trinajstić information content (AvgIpc) is 3.04. The lowest BCUT2D eigenvalue weighted by molar-refractivity contribution is -0.121. The summed E-state index contributed by atoms with van der Waals surface area (Å²) in [6, 6.07) is 14.7. The fourth-order valence-electron chi connectivity index (χ4n) is 2.84. The molecule has 0 unspecified atom stereocenters. The number of hydrogen-bond donors (Lipinski definition) is 3. The number of benzene rings is 2. The number of carbonyl (C=O) groups excluding carboxylic acids is 1. The second kappa shape index (κ2) is 7.66. The fourth-order valence-corrected chi connectivity index (χ4v) is 2.84. The molecule has 0 bridgehead atoms. The number of rotatable bonds is 7. The van der Waals surface area contributed by atoms with Gasteiger partial charge in [0.25, 0.3) is 0 Å². The molecule has 0 saturated carbocycles. The van der Waals surface area contributed by atoms with E-state index in [9.17, 15) is 9.59 Å². The lowest BCUT2D eigenvalue weighted by atomic mass is 10.1. The smallest absolute Gasteiger partial charge is 0.335 e. The highest BCUT2D eigenvalue weighted by molar-refractivity contribution is 5.87. The summed E-state index contributed by atoms with van der Waals surface area (Å²) in [5.41, 5.74) is 3.51. The first-order valence-corrected chi connectivity index (χ1v) is 8.27. The van der Waals surface area contributed by atoms with Crippen LogP contribution in [0.15, 0.2) is 54.7 Å². The molecule has 5 heteroatoms. The maximum absolute atomic E-state index is 12.0. The molecule has 3 rings (SSSR count). The van der Waals surface area contributed by atoms with Gasteiger partial charge in [0.2, 0.25) is 5.91 Å². The van der Waals surface area contributed by atoms with Crippen LogP contribution in [0.1, 0.15) is 27.9 Å². The number of carbonyl (C=O) groups is 2. The number of H-pyrrole nitrogens is 1. The van der Waals surface area contributed by atoms with E-state index >= 15 is 0 Å². The highest BCUT2D eigenvalue weighted by Crippen LogP contribution is 2.17. The molecular formula is C20H20N2O3. The molecule has 3 aromatic rings. The van der Waals surface area contributed by atoms with Crippen molar-refractivity contribution in [2.45, 2.75) is 19.3 Å². The van der Waals surface area contributed by atoms with E-state index in [1.165, 1.54) is 10.9 Å². The number of para-hydroxylation sites is 1. The third-order valence-corrected chi connectivity index (χ3v) is 4.23. The van der Waals surface area contributed by atoms with Gasteiger partial charge in [-0.2, -0.15) is 0 Å². The largest absolute Gasteiger partial charge is 0.478 e. The molecular weight excluding hydrogens is 316 g/mol. The SMILES string of the molecule is O=C(CCc1ccc(C(=O)O)cc1)NCCc1c[nH]c2ccccc12. The zero-order valence-corrected chi connectivity index (χ0v) is 13.8. The molecule has 0 spiro atoms. The van der Waals surface area contributed by atoms with E-state index in [0.29, 0.717) is 19.4 Å². The van der Waals surface area contributed by atoms with Crippen molar-refractivity contribution in [3.05, 3.63) is 71.4 Å². The van der Waals surface area contributed by atoms with E-state index in [0.717, 1.165) is 17.5 Å². The lowest BCUT2D eigenvalue weighted by Crippen LogP contribution is -2.25. The summed E-state index contributed by atoms with van der Waals surface area (Å²) in [4.78, 5) is 26.0. The molecule has 1 heterocycles. The number of nitrogens with one attached hydrogen (secondary N) is 2. The first-order valence-electron chi connectivity index (χ1n) is 8.27. The highest BCUT2D eigenvalue weighted by atomic mass is 16.4. The Hall–Kier alpha value is -3.08. The van der Waals surface area contributed by atoms with Gasteiger partial charge in [0, 0.05) is 30.1 Å². The molecule has 0 aliphatic carbocycles. The van der Waals surface area contributed by atoms with E-state index < -0.39 is 5.97 Å².